The molecule has 4 rings (SSSR count). The van der Waals surface area contributed by atoms with Crippen molar-refractivity contribution in [1.29, 1.82) is 0 Å². The van der Waals surface area contributed by atoms with Crippen LogP contribution in [0.4, 0.5) is 0 Å². The first kappa shape index (κ1) is 19.9. The summed E-state index contributed by atoms with van der Waals surface area (Å²) in [5, 5.41) is 0. The average molecular weight is 403 g/mol. The van der Waals surface area contributed by atoms with Crippen LogP contribution in [0.3, 0.4) is 0 Å². The molecule has 1 fully saturated rings. The maximum Gasteiger partial charge on any atom is 0.259 e. The summed E-state index contributed by atoms with van der Waals surface area (Å²) in [6.45, 7) is 8.05. The molecular weight excluding hydrogens is 378 g/mol. The largest absolute Gasteiger partial charge is 0.339 e. The lowest BCUT2D eigenvalue weighted by Crippen LogP contribution is -2.42. The summed E-state index contributed by atoms with van der Waals surface area (Å²) >= 11 is 0. The molecule has 0 spiro atoms. The van der Waals surface area contributed by atoms with Gasteiger partial charge in [-0.2, -0.15) is 0 Å². The summed E-state index contributed by atoms with van der Waals surface area (Å²) in [7, 11) is 0. The molecule has 0 unspecified atom stereocenters. The highest BCUT2D eigenvalue weighted by Gasteiger charge is 2.33. The van der Waals surface area contributed by atoms with Crippen LogP contribution in [0.1, 0.15) is 38.3 Å². The van der Waals surface area contributed by atoms with Gasteiger partial charge in [-0.25, -0.2) is 0 Å². The summed E-state index contributed by atoms with van der Waals surface area (Å²) < 4.78 is 0. The van der Waals surface area contributed by atoms with E-state index in [1.54, 1.807) is 15.9 Å². The number of carbonyl (C=O) groups is 3. The molecule has 0 saturated carbocycles. The van der Waals surface area contributed by atoms with Gasteiger partial charge in [0, 0.05) is 48.6 Å². The Hall–Kier alpha value is -3.41. The number of nitrogens with zero attached hydrogens (tertiary/aromatic N) is 3. The lowest BCUT2D eigenvalue weighted by atomic mass is 10.1. The highest BCUT2D eigenvalue weighted by molar-refractivity contribution is 6.10. The van der Waals surface area contributed by atoms with Crippen molar-refractivity contribution in [3.63, 3.8) is 0 Å². The Balaban J connectivity index is 1.39. The highest BCUT2D eigenvalue weighted by Crippen LogP contribution is 2.31. The standard InChI is InChI=1S/C24H25N3O3/c1-17-7-5-8-19(15-17)23(29)26-12-6-11-25(13-14-26)22(28)16-27-18(2)20-9-3-4-10-21(20)24(27)30/h3-5,7-10,15H,2,6,11-14,16H2,1H3. The van der Waals surface area contributed by atoms with Crippen LogP contribution in [-0.2, 0) is 4.79 Å². The van der Waals surface area contributed by atoms with E-state index in [4.69, 9.17) is 0 Å². The fourth-order valence-electron chi connectivity index (χ4n) is 4.07. The second kappa shape index (κ2) is 8.14. The second-order valence-electron chi connectivity index (χ2n) is 7.78. The van der Waals surface area contributed by atoms with Crippen LogP contribution < -0.4 is 0 Å². The topological polar surface area (TPSA) is 60.9 Å². The van der Waals surface area contributed by atoms with Gasteiger partial charge in [0.05, 0.1) is 0 Å². The third kappa shape index (κ3) is 3.73. The Kier molecular flexibility index (Phi) is 5.40. The van der Waals surface area contributed by atoms with Gasteiger partial charge in [-0.05, 0) is 31.5 Å². The molecule has 0 radical (unpaired) electrons. The predicted molar refractivity (Wildman–Crippen MR) is 115 cm³/mol. The van der Waals surface area contributed by atoms with Gasteiger partial charge in [0.2, 0.25) is 5.91 Å². The van der Waals surface area contributed by atoms with Crippen molar-refractivity contribution in [1.82, 2.24) is 14.7 Å². The smallest absolute Gasteiger partial charge is 0.259 e. The van der Waals surface area contributed by atoms with Gasteiger partial charge >= 0.3 is 0 Å². The maximum absolute atomic E-state index is 12.9. The van der Waals surface area contributed by atoms with E-state index < -0.39 is 0 Å². The molecule has 6 heteroatoms. The number of hydrogen-bond acceptors (Lipinski definition) is 3. The Labute approximate surface area is 176 Å². The van der Waals surface area contributed by atoms with Crippen LogP contribution in [0.2, 0.25) is 0 Å². The van der Waals surface area contributed by atoms with Crippen molar-refractivity contribution in [2.24, 2.45) is 0 Å². The molecule has 1 saturated heterocycles. The van der Waals surface area contributed by atoms with Gasteiger partial charge in [-0.15, -0.1) is 0 Å². The van der Waals surface area contributed by atoms with Crippen LogP contribution in [0.5, 0.6) is 0 Å². The molecule has 2 heterocycles. The molecule has 30 heavy (non-hydrogen) atoms. The van der Waals surface area contributed by atoms with Crippen LogP contribution in [0, 0.1) is 6.92 Å². The van der Waals surface area contributed by atoms with Gasteiger partial charge in [0.25, 0.3) is 11.8 Å². The van der Waals surface area contributed by atoms with Gasteiger partial charge in [-0.3, -0.25) is 19.3 Å². The van der Waals surface area contributed by atoms with Crippen LogP contribution in [0.15, 0.2) is 55.1 Å². The molecule has 0 atom stereocenters. The number of rotatable bonds is 3. The zero-order valence-corrected chi connectivity index (χ0v) is 17.1. The monoisotopic (exact) mass is 403 g/mol. The number of fused-ring (bicyclic) bond motifs is 1. The van der Waals surface area contributed by atoms with Gasteiger partial charge in [0.1, 0.15) is 6.54 Å². The van der Waals surface area contributed by atoms with Gasteiger partial charge < -0.3 is 9.80 Å². The lowest BCUT2D eigenvalue weighted by molar-refractivity contribution is -0.131. The van der Waals surface area contributed by atoms with E-state index in [0.717, 1.165) is 11.1 Å². The molecule has 2 aromatic rings. The molecule has 0 N–H and O–H groups in total. The number of hydrogen-bond donors (Lipinski definition) is 0. The first-order chi connectivity index (χ1) is 14.5. The molecule has 2 aliphatic rings. The van der Waals surface area contributed by atoms with Crippen molar-refractivity contribution in [2.75, 3.05) is 32.7 Å². The Morgan fingerprint density at radius 1 is 0.933 bits per heavy atom. The Bertz CT molecular complexity index is 995. The highest BCUT2D eigenvalue weighted by atomic mass is 16.2. The summed E-state index contributed by atoms with van der Waals surface area (Å²) in [6.07, 6.45) is 0.707. The van der Waals surface area contributed by atoms with Crippen molar-refractivity contribution in [3.05, 3.63) is 77.4 Å². The van der Waals surface area contributed by atoms with E-state index in [-0.39, 0.29) is 24.3 Å². The minimum Gasteiger partial charge on any atom is -0.339 e. The number of aryl methyl sites for hydroxylation is 1. The van der Waals surface area contributed by atoms with E-state index in [0.29, 0.717) is 49.4 Å². The van der Waals surface area contributed by atoms with E-state index in [2.05, 4.69) is 6.58 Å². The number of amides is 3. The fraction of sp³-hybridized carbons (Fsp3) is 0.292. The quantitative estimate of drug-likeness (QED) is 0.792. The van der Waals surface area contributed by atoms with Crippen LogP contribution >= 0.6 is 0 Å². The third-order valence-corrected chi connectivity index (χ3v) is 5.73. The summed E-state index contributed by atoms with van der Waals surface area (Å²) in [5.41, 5.74) is 3.65. The third-order valence-electron chi connectivity index (χ3n) is 5.73. The van der Waals surface area contributed by atoms with Gasteiger partial charge in [0.15, 0.2) is 0 Å². The Morgan fingerprint density at radius 3 is 2.37 bits per heavy atom. The van der Waals surface area contributed by atoms with E-state index in [1.807, 2.05) is 49.4 Å². The zero-order chi connectivity index (χ0) is 21.3. The first-order valence-corrected chi connectivity index (χ1v) is 10.2. The minimum absolute atomic E-state index is 0.00783. The van der Waals surface area contributed by atoms with Crippen molar-refractivity contribution in [2.45, 2.75) is 13.3 Å². The van der Waals surface area contributed by atoms with Crippen molar-refractivity contribution < 1.29 is 14.4 Å². The van der Waals surface area contributed by atoms with Crippen LogP contribution in [0.25, 0.3) is 5.70 Å². The molecule has 3 amide bonds. The molecule has 2 aliphatic heterocycles. The molecule has 0 aromatic heterocycles. The molecule has 2 aromatic carbocycles. The maximum atomic E-state index is 12.9. The van der Waals surface area contributed by atoms with Crippen molar-refractivity contribution in [3.8, 4) is 0 Å². The first-order valence-electron chi connectivity index (χ1n) is 10.2. The molecule has 0 bridgehead atoms. The zero-order valence-electron chi connectivity index (χ0n) is 17.1. The van der Waals surface area contributed by atoms with Crippen LogP contribution in [-0.4, -0.2) is 65.1 Å². The minimum atomic E-state index is -0.185. The molecular formula is C24H25N3O3. The normalized spacial score (nSPS) is 16.5. The molecule has 0 aliphatic carbocycles. The molecule has 6 nitrogen and oxygen atoms in total. The lowest BCUT2D eigenvalue weighted by Gasteiger charge is -2.25. The molecule has 154 valence electrons. The average Bonchev–Trinajstić information content (AvgIpc) is 2.93. The van der Waals surface area contributed by atoms with E-state index in [1.165, 1.54) is 4.90 Å². The number of benzene rings is 2. The van der Waals surface area contributed by atoms with Crippen molar-refractivity contribution >= 4 is 23.4 Å². The summed E-state index contributed by atoms with van der Waals surface area (Å²) in [5.74, 6) is -0.316. The van der Waals surface area contributed by atoms with E-state index in [9.17, 15) is 14.4 Å². The second-order valence-corrected chi connectivity index (χ2v) is 7.78. The predicted octanol–water partition coefficient (Wildman–Crippen LogP) is 2.80. The van der Waals surface area contributed by atoms with Gasteiger partial charge in [-0.1, -0.05) is 42.5 Å². The Morgan fingerprint density at radius 2 is 1.63 bits per heavy atom. The fourth-order valence-corrected chi connectivity index (χ4v) is 4.07. The number of carbonyl (C=O) groups excluding carboxylic acids is 3. The summed E-state index contributed by atoms with van der Waals surface area (Å²) in [4.78, 5) is 43.4. The van der Waals surface area contributed by atoms with E-state index >= 15 is 0 Å². The SMILES string of the molecule is C=C1c2ccccc2C(=O)N1CC(=O)N1CCCN(C(=O)c2cccc(C)c2)CC1. The summed E-state index contributed by atoms with van der Waals surface area (Å²) in [6, 6.07) is 14.8.